The van der Waals surface area contributed by atoms with Crippen LogP contribution < -0.4 is 10.5 Å². The second kappa shape index (κ2) is 8.34. The van der Waals surface area contributed by atoms with E-state index < -0.39 is 5.91 Å². The Morgan fingerprint density at radius 2 is 2.17 bits per heavy atom. The quantitative estimate of drug-likeness (QED) is 0.566. The Morgan fingerprint density at radius 3 is 2.89 bits per heavy atom. The van der Waals surface area contributed by atoms with Gasteiger partial charge in [0.1, 0.15) is 5.75 Å². The fraction of sp³-hybridized carbons (Fsp3) is 0.400. The molecule has 0 aliphatic heterocycles. The van der Waals surface area contributed by atoms with E-state index in [1.807, 2.05) is 6.07 Å². The average molecular weight is 247 g/mol. The molecule has 0 aliphatic rings. The Hall–Kier alpha value is -1.77. The Bertz CT molecular complexity index is 399. The van der Waals surface area contributed by atoms with Gasteiger partial charge in [0.15, 0.2) is 0 Å². The van der Waals surface area contributed by atoms with Crippen molar-refractivity contribution in [3.8, 4) is 5.75 Å². The number of unbranched alkanes of at least 4 members (excludes halogenated alkanes) is 2. The van der Waals surface area contributed by atoms with Crippen LogP contribution in [0.4, 0.5) is 0 Å². The molecule has 0 heterocycles. The molecule has 1 rings (SSSR count). The highest BCUT2D eigenvalue weighted by Gasteiger charge is 2.01. The molecule has 0 atom stereocenters. The number of nitrogens with two attached hydrogens (primary N) is 1. The van der Waals surface area contributed by atoms with Crippen LogP contribution in [-0.2, 0) is 0 Å². The molecule has 1 aromatic carbocycles. The van der Waals surface area contributed by atoms with Crippen molar-refractivity contribution >= 4 is 5.91 Å². The first-order valence-electron chi connectivity index (χ1n) is 6.41. The van der Waals surface area contributed by atoms with E-state index in [1.54, 1.807) is 18.2 Å². The van der Waals surface area contributed by atoms with Crippen molar-refractivity contribution in [3.05, 3.63) is 42.0 Å². The Labute approximate surface area is 109 Å². The molecular formula is C15H21NO2. The molecule has 2 N–H and O–H groups in total. The number of hydrogen-bond donors (Lipinski definition) is 1. The number of benzene rings is 1. The Kier molecular flexibility index (Phi) is 6.62. The molecule has 0 unspecified atom stereocenters. The molecule has 3 heteroatoms. The van der Waals surface area contributed by atoms with Gasteiger partial charge in [0, 0.05) is 5.56 Å². The fourth-order valence-corrected chi connectivity index (χ4v) is 1.58. The fourth-order valence-electron chi connectivity index (χ4n) is 1.58. The summed E-state index contributed by atoms with van der Waals surface area (Å²) in [6.07, 6.45) is 8.70. The van der Waals surface area contributed by atoms with E-state index in [9.17, 15) is 4.79 Å². The third-order valence-electron chi connectivity index (χ3n) is 2.55. The van der Waals surface area contributed by atoms with Gasteiger partial charge < -0.3 is 10.5 Å². The summed E-state index contributed by atoms with van der Waals surface area (Å²) in [6.45, 7) is 2.80. The van der Waals surface area contributed by atoms with Crippen LogP contribution >= 0.6 is 0 Å². The average Bonchev–Trinajstić information content (AvgIpc) is 2.38. The highest BCUT2D eigenvalue weighted by molar-refractivity contribution is 5.93. The molecule has 0 spiro atoms. The van der Waals surface area contributed by atoms with Crippen LogP contribution in [0.3, 0.4) is 0 Å². The van der Waals surface area contributed by atoms with E-state index in [0.717, 1.165) is 25.7 Å². The molecule has 98 valence electrons. The second-order valence-electron chi connectivity index (χ2n) is 4.12. The molecular weight excluding hydrogens is 226 g/mol. The van der Waals surface area contributed by atoms with Gasteiger partial charge in [-0.1, -0.05) is 25.1 Å². The molecule has 1 amide bonds. The summed E-state index contributed by atoms with van der Waals surface area (Å²) in [7, 11) is 0. The summed E-state index contributed by atoms with van der Waals surface area (Å²) in [5.41, 5.74) is 5.69. The first-order valence-corrected chi connectivity index (χ1v) is 6.41. The molecule has 1 aromatic rings. The van der Waals surface area contributed by atoms with E-state index in [0.29, 0.717) is 17.9 Å². The minimum atomic E-state index is -0.426. The van der Waals surface area contributed by atoms with Gasteiger partial charge in [-0.25, -0.2) is 0 Å². The molecule has 0 saturated carbocycles. The molecule has 0 saturated heterocycles. The van der Waals surface area contributed by atoms with Crippen LogP contribution in [0.1, 0.15) is 43.0 Å². The first kappa shape index (κ1) is 14.3. The monoisotopic (exact) mass is 247 g/mol. The van der Waals surface area contributed by atoms with E-state index in [2.05, 4.69) is 19.1 Å². The lowest BCUT2D eigenvalue weighted by Crippen LogP contribution is -2.10. The van der Waals surface area contributed by atoms with Crippen molar-refractivity contribution in [1.29, 1.82) is 0 Å². The van der Waals surface area contributed by atoms with Crippen LogP contribution in [0.5, 0.6) is 5.75 Å². The summed E-state index contributed by atoms with van der Waals surface area (Å²) < 4.78 is 5.57. The zero-order valence-corrected chi connectivity index (χ0v) is 10.9. The van der Waals surface area contributed by atoms with Crippen molar-refractivity contribution < 1.29 is 9.53 Å². The van der Waals surface area contributed by atoms with E-state index >= 15 is 0 Å². The van der Waals surface area contributed by atoms with Crippen molar-refractivity contribution in [3.63, 3.8) is 0 Å². The summed E-state index contributed by atoms with van der Waals surface area (Å²) in [4.78, 5) is 11.0. The van der Waals surface area contributed by atoms with Crippen molar-refractivity contribution in [2.45, 2.75) is 32.6 Å². The van der Waals surface area contributed by atoms with Gasteiger partial charge in [-0.05, 0) is 43.9 Å². The smallest absolute Gasteiger partial charge is 0.248 e. The lowest BCUT2D eigenvalue weighted by atomic mass is 10.2. The molecule has 0 radical (unpaired) electrons. The predicted molar refractivity (Wildman–Crippen MR) is 73.7 cm³/mol. The summed E-state index contributed by atoms with van der Waals surface area (Å²) in [5, 5.41) is 0. The number of primary amides is 1. The molecule has 0 bridgehead atoms. The summed E-state index contributed by atoms with van der Waals surface area (Å²) in [6, 6.07) is 6.98. The number of carbonyl (C=O) groups excluding carboxylic acids is 1. The number of rotatable bonds is 8. The second-order valence-corrected chi connectivity index (χ2v) is 4.12. The molecule has 0 fully saturated rings. The van der Waals surface area contributed by atoms with E-state index in [1.165, 1.54) is 0 Å². The zero-order chi connectivity index (χ0) is 13.2. The van der Waals surface area contributed by atoms with Gasteiger partial charge in [-0.3, -0.25) is 4.79 Å². The highest BCUT2D eigenvalue weighted by Crippen LogP contribution is 2.13. The third-order valence-corrected chi connectivity index (χ3v) is 2.55. The van der Waals surface area contributed by atoms with Gasteiger partial charge in [-0.15, -0.1) is 0 Å². The predicted octanol–water partition coefficient (Wildman–Crippen LogP) is 3.30. The molecule has 3 nitrogen and oxygen atoms in total. The number of carbonyl (C=O) groups is 1. The number of allylic oxidation sites excluding steroid dienone is 2. The van der Waals surface area contributed by atoms with Crippen LogP contribution in [0.25, 0.3) is 0 Å². The van der Waals surface area contributed by atoms with Gasteiger partial charge in [0.25, 0.3) is 0 Å². The number of ether oxygens (including phenoxy) is 1. The third kappa shape index (κ3) is 5.53. The van der Waals surface area contributed by atoms with Crippen molar-refractivity contribution in [2.24, 2.45) is 5.73 Å². The minimum absolute atomic E-state index is 0.426. The van der Waals surface area contributed by atoms with Gasteiger partial charge in [0.05, 0.1) is 6.61 Å². The standard InChI is InChI=1S/C15H21NO2/c1-2-3-4-5-6-7-11-18-14-10-8-9-13(12-14)15(16)17/h3-4,8-10,12H,2,5-7,11H2,1H3,(H2,16,17)/b4-3-. The Morgan fingerprint density at radius 1 is 1.33 bits per heavy atom. The maximum absolute atomic E-state index is 11.0. The zero-order valence-electron chi connectivity index (χ0n) is 10.9. The van der Waals surface area contributed by atoms with Gasteiger partial charge in [0.2, 0.25) is 5.91 Å². The van der Waals surface area contributed by atoms with Crippen LogP contribution in [-0.4, -0.2) is 12.5 Å². The molecule has 0 aromatic heterocycles. The number of amides is 1. The van der Waals surface area contributed by atoms with Crippen molar-refractivity contribution in [2.75, 3.05) is 6.61 Å². The van der Waals surface area contributed by atoms with Crippen LogP contribution in [0.15, 0.2) is 36.4 Å². The highest BCUT2D eigenvalue weighted by atomic mass is 16.5. The van der Waals surface area contributed by atoms with E-state index in [-0.39, 0.29) is 0 Å². The van der Waals surface area contributed by atoms with E-state index in [4.69, 9.17) is 10.5 Å². The van der Waals surface area contributed by atoms with Crippen molar-refractivity contribution in [1.82, 2.24) is 0 Å². The normalized spacial score (nSPS) is 10.7. The number of hydrogen-bond acceptors (Lipinski definition) is 2. The summed E-state index contributed by atoms with van der Waals surface area (Å²) in [5.74, 6) is 0.278. The maximum atomic E-state index is 11.0. The summed E-state index contributed by atoms with van der Waals surface area (Å²) >= 11 is 0. The first-order chi connectivity index (χ1) is 8.74. The molecule has 0 aliphatic carbocycles. The SMILES string of the molecule is CC/C=C\CCCCOc1cccc(C(N)=O)c1. The van der Waals surface area contributed by atoms with Gasteiger partial charge >= 0.3 is 0 Å². The lowest BCUT2D eigenvalue weighted by Gasteiger charge is -2.06. The maximum Gasteiger partial charge on any atom is 0.248 e. The minimum Gasteiger partial charge on any atom is -0.494 e. The molecule has 18 heavy (non-hydrogen) atoms. The lowest BCUT2D eigenvalue weighted by molar-refractivity contribution is 0.1000. The topological polar surface area (TPSA) is 52.3 Å². The van der Waals surface area contributed by atoms with Crippen LogP contribution in [0.2, 0.25) is 0 Å². The van der Waals surface area contributed by atoms with Gasteiger partial charge in [-0.2, -0.15) is 0 Å². The largest absolute Gasteiger partial charge is 0.494 e. The Balaban J connectivity index is 2.25. The van der Waals surface area contributed by atoms with Crippen LogP contribution in [0, 0.1) is 0 Å².